The standard InChI is InChI=1S/C22H23NO2/c1-2-22(12-7-13-22)15-23-21(24)25-14-20-18-10-5-3-8-16(18)17-9-4-6-11-19(17)20/h2-6,8-11,20H,1,7,12-15H2,(H,23,24). The minimum atomic E-state index is -0.338. The smallest absolute Gasteiger partial charge is 0.407 e. The Bertz CT molecular complexity index is 762. The summed E-state index contributed by atoms with van der Waals surface area (Å²) in [4.78, 5) is 12.2. The van der Waals surface area contributed by atoms with Crippen molar-refractivity contribution in [1.29, 1.82) is 0 Å². The summed E-state index contributed by atoms with van der Waals surface area (Å²) >= 11 is 0. The van der Waals surface area contributed by atoms with Gasteiger partial charge in [0, 0.05) is 17.9 Å². The fraction of sp³-hybridized carbons (Fsp3) is 0.318. The summed E-state index contributed by atoms with van der Waals surface area (Å²) in [6.45, 7) is 4.88. The molecule has 0 radical (unpaired) electrons. The van der Waals surface area contributed by atoms with Gasteiger partial charge in [0.2, 0.25) is 0 Å². The molecule has 0 aromatic heterocycles. The third-order valence-corrected chi connectivity index (χ3v) is 5.71. The third kappa shape index (κ3) is 2.84. The van der Waals surface area contributed by atoms with E-state index in [1.807, 2.05) is 18.2 Å². The van der Waals surface area contributed by atoms with Gasteiger partial charge in [0.1, 0.15) is 6.61 Å². The fourth-order valence-electron chi connectivity index (χ4n) is 3.98. The van der Waals surface area contributed by atoms with Crippen molar-refractivity contribution in [3.63, 3.8) is 0 Å². The van der Waals surface area contributed by atoms with Crippen LogP contribution in [0.15, 0.2) is 61.2 Å². The number of hydrogen-bond donors (Lipinski definition) is 1. The lowest BCUT2D eigenvalue weighted by Crippen LogP contribution is -2.41. The van der Waals surface area contributed by atoms with Crippen molar-refractivity contribution in [3.05, 3.63) is 72.3 Å². The Balaban J connectivity index is 1.43. The quantitative estimate of drug-likeness (QED) is 0.792. The topological polar surface area (TPSA) is 38.3 Å². The first kappa shape index (κ1) is 15.9. The molecule has 3 heteroatoms. The number of nitrogens with one attached hydrogen (secondary N) is 1. The van der Waals surface area contributed by atoms with Crippen molar-refractivity contribution >= 4 is 6.09 Å². The van der Waals surface area contributed by atoms with Crippen LogP contribution in [-0.4, -0.2) is 19.2 Å². The summed E-state index contributed by atoms with van der Waals surface area (Å²) in [6, 6.07) is 16.7. The molecule has 2 aliphatic rings. The van der Waals surface area contributed by atoms with Crippen LogP contribution in [-0.2, 0) is 4.74 Å². The first-order valence-corrected chi connectivity index (χ1v) is 8.95. The van der Waals surface area contributed by atoms with Crippen molar-refractivity contribution in [3.8, 4) is 11.1 Å². The van der Waals surface area contributed by atoms with Crippen LogP contribution < -0.4 is 5.32 Å². The summed E-state index contributed by atoms with van der Waals surface area (Å²) in [5, 5.41) is 2.92. The Kier molecular flexibility index (Phi) is 4.08. The molecule has 25 heavy (non-hydrogen) atoms. The van der Waals surface area contributed by atoms with Crippen LogP contribution in [0.5, 0.6) is 0 Å². The van der Waals surface area contributed by atoms with Gasteiger partial charge in [-0.2, -0.15) is 0 Å². The maximum Gasteiger partial charge on any atom is 0.407 e. The van der Waals surface area contributed by atoms with E-state index in [1.165, 1.54) is 28.7 Å². The number of amides is 1. The van der Waals surface area contributed by atoms with E-state index in [4.69, 9.17) is 4.74 Å². The molecule has 3 nitrogen and oxygen atoms in total. The Hall–Kier alpha value is -2.55. The van der Waals surface area contributed by atoms with Crippen LogP contribution in [0.2, 0.25) is 0 Å². The number of benzene rings is 2. The molecule has 0 heterocycles. The molecule has 2 aromatic rings. The Labute approximate surface area is 148 Å². The highest BCUT2D eigenvalue weighted by Gasteiger charge is 2.34. The molecule has 1 saturated carbocycles. The Morgan fingerprint density at radius 3 is 2.24 bits per heavy atom. The molecular weight excluding hydrogens is 310 g/mol. The molecule has 2 aliphatic carbocycles. The second-order valence-electron chi connectivity index (χ2n) is 7.10. The van der Waals surface area contributed by atoms with Gasteiger partial charge in [0.15, 0.2) is 0 Å². The number of hydrogen-bond acceptors (Lipinski definition) is 2. The van der Waals surface area contributed by atoms with Crippen molar-refractivity contribution in [2.45, 2.75) is 25.2 Å². The van der Waals surface area contributed by atoms with Gasteiger partial charge in [-0.1, -0.05) is 61.0 Å². The summed E-state index contributed by atoms with van der Waals surface area (Å²) in [7, 11) is 0. The van der Waals surface area contributed by atoms with E-state index in [-0.39, 0.29) is 17.4 Å². The number of fused-ring (bicyclic) bond motifs is 3. The molecule has 1 N–H and O–H groups in total. The normalized spacial score (nSPS) is 17.1. The third-order valence-electron chi connectivity index (χ3n) is 5.71. The molecule has 0 unspecified atom stereocenters. The van der Waals surface area contributed by atoms with Gasteiger partial charge in [-0.05, 0) is 35.1 Å². The second kappa shape index (κ2) is 6.40. The lowest BCUT2D eigenvalue weighted by Gasteiger charge is -2.39. The van der Waals surface area contributed by atoms with E-state index in [9.17, 15) is 4.79 Å². The van der Waals surface area contributed by atoms with E-state index >= 15 is 0 Å². The fourth-order valence-corrected chi connectivity index (χ4v) is 3.98. The second-order valence-corrected chi connectivity index (χ2v) is 7.10. The molecule has 0 atom stereocenters. The van der Waals surface area contributed by atoms with E-state index < -0.39 is 0 Å². The summed E-state index contributed by atoms with van der Waals surface area (Å²) < 4.78 is 5.56. The summed E-state index contributed by atoms with van der Waals surface area (Å²) in [5.41, 5.74) is 5.03. The van der Waals surface area contributed by atoms with E-state index in [0.717, 1.165) is 12.8 Å². The van der Waals surface area contributed by atoms with Gasteiger partial charge in [-0.15, -0.1) is 6.58 Å². The van der Waals surface area contributed by atoms with Crippen LogP contribution in [0.25, 0.3) is 11.1 Å². The zero-order valence-corrected chi connectivity index (χ0v) is 14.3. The van der Waals surface area contributed by atoms with Gasteiger partial charge in [-0.3, -0.25) is 0 Å². The zero-order valence-electron chi connectivity index (χ0n) is 14.3. The maximum atomic E-state index is 12.2. The maximum absolute atomic E-state index is 12.2. The van der Waals surface area contributed by atoms with Gasteiger partial charge < -0.3 is 10.1 Å². The van der Waals surface area contributed by atoms with E-state index in [1.54, 1.807) is 0 Å². The number of carbonyl (C=O) groups excluding carboxylic acids is 1. The predicted molar refractivity (Wildman–Crippen MR) is 99.6 cm³/mol. The highest BCUT2D eigenvalue weighted by atomic mass is 16.5. The SMILES string of the molecule is C=CC1(CNC(=O)OCC2c3ccccc3-c3ccccc32)CCC1. The Morgan fingerprint density at radius 1 is 1.12 bits per heavy atom. The lowest BCUT2D eigenvalue weighted by atomic mass is 9.69. The first-order chi connectivity index (χ1) is 12.2. The number of carbonyl (C=O) groups is 1. The van der Waals surface area contributed by atoms with Crippen LogP contribution in [0.1, 0.15) is 36.3 Å². The minimum absolute atomic E-state index is 0.0750. The number of rotatable bonds is 5. The van der Waals surface area contributed by atoms with Crippen molar-refractivity contribution < 1.29 is 9.53 Å². The van der Waals surface area contributed by atoms with Gasteiger partial charge in [0.25, 0.3) is 0 Å². The van der Waals surface area contributed by atoms with E-state index in [2.05, 4.69) is 48.3 Å². The molecule has 0 spiro atoms. The van der Waals surface area contributed by atoms with Gasteiger partial charge >= 0.3 is 6.09 Å². The van der Waals surface area contributed by atoms with Crippen LogP contribution in [0.3, 0.4) is 0 Å². The first-order valence-electron chi connectivity index (χ1n) is 8.95. The highest BCUT2D eigenvalue weighted by Crippen LogP contribution is 2.44. The van der Waals surface area contributed by atoms with Gasteiger partial charge in [0.05, 0.1) is 0 Å². The number of alkyl carbamates (subject to hydrolysis) is 1. The summed E-state index contributed by atoms with van der Waals surface area (Å²) in [5.74, 6) is 0.107. The van der Waals surface area contributed by atoms with Crippen LogP contribution >= 0.6 is 0 Å². The molecular formula is C22H23NO2. The molecule has 2 aromatic carbocycles. The summed E-state index contributed by atoms with van der Waals surface area (Å²) in [6.07, 6.45) is 5.04. The number of ether oxygens (including phenoxy) is 1. The molecule has 1 fully saturated rings. The molecule has 0 aliphatic heterocycles. The van der Waals surface area contributed by atoms with Crippen molar-refractivity contribution in [1.82, 2.24) is 5.32 Å². The molecule has 0 bridgehead atoms. The van der Waals surface area contributed by atoms with Crippen LogP contribution in [0.4, 0.5) is 4.79 Å². The average Bonchev–Trinajstić information content (AvgIpc) is 2.93. The monoisotopic (exact) mass is 333 g/mol. The highest BCUT2D eigenvalue weighted by molar-refractivity contribution is 5.79. The van der Waals surface area contributed by atoms with E-state index in [0.29, 0.717) is 13.2 Å². The zero-order chi connectivity index (χ0) is 17.3. The largest absolute Gasteiger partial charge is 0.449 e. The molecule has 1 amide bonds. The predicted octanol–water partition coefficient (Wildman–Crippen LogP) is 4.88. The van der Waals surface area contributed by atoms with Crippen molar-refractivity contribution in [2.75, 3.05) is 13.2 Å². The molecule has 4 rings (SSSR count). The average molecular weight is 333 g/mol. The lowest BCUT2D eigenvalue weighted by molar-refractivity contribution is 0.130. The molecule has 128 valence electrons. The van der Waals surface area contributed by atoms with Gasteiger partial charge in [-0.25, -0.2) is 4.79 Å². The van der Waals surface area contributed by atoms with Crippen molar-refractivity contribution in [2.24, 2.45) is 5.41 Å². The Morgan fingerprint density at radius 2 is 1.72 bits per heavy atom. The van der Waals surface area contributed by atoms with Crippen LogP contribution in [0, 0.1) is 5.41 Å². The molecule has 0 saturated heterocycles. The minimum Gasteiger partial charge on any atom is -0.449 e.